The SMILES string of the molecule is CC(C)Cc1ccnc(-n2c3ccccc3c3ccc(-c4cncc(Oc5ccccn5)c4)cc32)c1. The normalized spacial score (nSPS) is 11.4. The molecule has 36 heavy (non-hydrogen) atoms. The van der Waals surface area contributed by atoms with Gasteiger partial charge in [-0.05, 0) is 59.9 Å². The van der Waals surface area contributed by atoms with Crippen molar-refractivity contribution in [2.75, 3.05) is 0 Å². The quantitative estimate of drug-likeness (QED) is 0.251. The number of aromatic nitrogens is 4. The van der Waals surface area contributed by atoms with Gasteiger partial charge in [-0.1, -0.05) is 50.2 Å². The molecule has 0 unspecified atom stereocenters. The van der Waals surface area contributed by atoms with Crippen LogP contribution >= 0.6 is 0 Å². The Hall–Kier alpha value is -4.51. The zero-order chi connectivity index (χ0) is 24.5. The van der Waals surface area contributed by atoms with Gasteiger partial charge in [-0.2, -0.15) is 0 Å². The standard InChI is InChI=1S/C31H26N4O/c1-21(2)15-22-12-14-33-30(16-22)35-28-8-4-3-7-26(28)27-11-10-23(18-29(27)35)24-17-25(20-32-19-24)36-31-9-5-6-13-34-31/h3-14,16-21H,15H2,1-2H3. The van der Waals surface area contributed by atoms with Gasteiger partial charge in [0.05, 0.1) is 17.2 Å². The maximum Gasteiger partial charge on any atom is 0.219 e. The number of pyridine rings is 3. The van der Waals surface area contributed by atoms with Crippen molar-refractivity contribution in [2.24, 2.45) is 5.92 Å². The number of benzene rings is 2. The second kappa shape index (κ2) is 9.27. The Labute approximate surface area is 210 Å². The van der Waals surface area contributed by atoms with Gasteiger partial charge in [0, 0.05) is 41.0 Å². The van der Waals surface area contributed by atoms with Crippen LogP contribution in [0, 0.1) is 5.92 Å². The van der Waals surface area contributed by atoms with Gasteiger partial charge in [0.2, 0.25) is 5.88 Å². The van der Waals surface area contributed by atoms with E-state index in [4.69, 9.17) is 9.72 Å². The van der Waals surface area contributed by atoms with Crippen LogP contribution < -0.4 is 4.74 Å². The van der Waals surface area contributed by atoms with Crippen LogP contribution in [0.1, 0.15) is 19.4 Å². The van der Waals surface area contributed by atoms with Crippen molar-refractivity contribution in [1.82, 2.24) is 19.5 Å². The fourth-order valence-electron chi connectivity index (χ4n) is 4.74. The molecular formula is C31H26N4O. The Morgan fingerprint density at radius 1 is 0.750 bits per heavy atom. The van der Waals surface area contributed by atoms with Crippen LogP contribution in [0.15, 0.2) is 104 Å². The van der Waals surface area contributed by atoms with E-state index in [0.29, 0.717) is 17.5 Å². The highest BCUT2D eigenvalue weighted by atomic mass is 16.5. The van der Waals surface area contributed by atoms with Crippen molar-refractivity contribution >= 4 is 21.8 Å². The van der Waals surface area contributed by atoms with E-state index in [-0.39, 0.29) is 0 Å². The summed E-state index contributed by atoms with van der Waals surface area (Å²) in [7, 11) is 0. The van der Waals surface area contributed by atoms with Crippen molar-refractivity contribution in [2.45, 2.75) is 20.3 Å². The van der Waals surface area contributed by atoms with Crippen LogP contribution in [0.25, 0.3) is 38.8 Å². The highest BCUT2D eigenvalue weighted by Gasteiger charge is 2.15. The van der Waals surface area contributed by atoms with Crippen molar-refractivity contribution in [1.29, 1.82) is 0 Å². The average molecular weight is 471 g/mol. The summed E-state index contributed by atoms with van der Waals surface area (Å²) < 4.78 is 8.19. The molecule has 4 aromatic heterocycles. The molecule has 0 amide bonds. The van der Waals surface area contributed by atoms with Crippen molar-refractivity contribution in [3.63, 3.8) is 0 Å². The monoisotopic (exact) mass is 470 g/mol. The van der Waals surface area contributed by atoms with Gasteiger partial charge in [-0.3, -0.25) is 9.55 Å². The summed E-state index contributed by atoms with van der Waals surface area (Å²) in [6, 6.07) is 27.0. The topological polar surface area (TPSA) is 52.8 Å². The van der Waals surface area contributed by atoms with E-state index >= 15 is 0 Å². The molecule has 176 valence electrons. The first-order chi connectivity index (χ1) is 17.7. The van der Waals surface area contributed by atoms with Gasteiger partial charge in [-0.15, -0.1) is 0 Å². The minimum Gasteiger partial charge on any atom is -0.437 e. The Kier molecular flexibility index (Phi) is 5.66. The number of fused-ring (bicyclic) bond motifs is 3. The number of nitrogens with zero attached hydrogens (tertiary/aromatic N) is 4. The summed E-state index contributed by atoms with van der Waals surface area (Å²) in [6.07, 6.45) is 8.22. The van der Waals surface area contributed by atoms with E-state index in [2.05, 4.69) is 83.0 Å². The second-order valence-corrected chi connectivity index (χ2v) is 9.38. The summed E-state index contributed by atoms with van der Waals surface area (Å²) in [5, 5.41) is 2.40. The number of hydrogen-bond acceptors (Lipinski definition) is 4. The summed E-state index contributed by atoms with van der Waals surface area (Å²) in [4.78, 5) is 13.5. The van der Waals surface area contributed by atoms with E-state index in [1.54, 1.807) is 12.4 Å². The molecular weight excluding hydrogens is 444 g/mol. The summed E-state index contributed by atoms with van der Waals surface area (Å²) >= 11 is 0. The van der Waals surface area contributed by atoms with Gasteiger partial charge in [0.15, 0.2) is 0 Å². The molecule has 0 aliphatic rings. The molecule has 4 heterocycles. The Morgan fingerprint density at radius 3 is 2.47 bits per heavy atom. The van der Waals surface area contributed by atoms with Crippen LogP contribution in [0.3, 0.4) is 0 Å². The number of rotatable bonds is 6. The largest absolute Gasteiger partial charge is 0.437 e. The molecule has 6 rings (SSSR count). The molecule has 0 saturated heterocycles. The van der Waals surface area contributed by atoms with Gasteiger partial charge in [0.1, 0.15) is 11.6 Å². The average Bonchev–Trinajstić information content (AvgIpc) is 3.23. The molecule has 0 radical (unpaired) electrons. The molecule has 5 nitrogen and oxygen atoms in total. The Morgan fingerprint density at radius 2 is 1.61 bits per heavy atom. The van der Waals surface area contributed by atoms with Crippen LogP contribution in [-0.4, -0.2) is 19.5 Å². The first kappa shape index (κ1) is 22.0. The maximum atomic E-state index is 5.93. The minimum absolute atomic E-state index is 0.541. The Bertz CT molecular complexity index is 1670. The predicted octanol–water partition coefficient (Wildman–Crippen LogP) is 7.63. The van der Waals surface area contributed by atoms with E-state index in [0.717, 1.165) is 34.4 Å². The number of para-hydroxylation sites is 1. The van der Waals surface area contributed by atoms with E-state index < -0.39 is 0 Å². The third-order valence-corrected chi connectivity index (χ3v) is 6.26. The zero-order valence-electron chi connectivity index (χ0n) is 20.3. The van der Waals surface area contributed by atoms with Gasteiger partial charge >= 0.3 is 0 Å². The van der Waals surface area contributed by atoms with Crippen molar-refractivity contribution in [3.05, 3.63) is 109 Å². The Balaban J connectivity index is 1.48. The van der Waals surface area contributed by atoms with Gasteiger partial charge in [-0.25, -0.2) is 9.97 Å². The fourth-order valence-corrected chi connectivity index (χ4v) is 4.74. The van der Waals surface area contributed by atoms with E-state index in [1.165, 1.54) is 16.3 Å². The van der Waals surface area contributed by atoms with E-state index in [1.807, 2.05) is 36.7 Å². The highest BCUT2D eigenvalue weighted by molar-refractivity contribution is 6.10. The molecule has 5 heteroatoms. The lowest BCUT2D eigenvalue weighted by atomic mass is 10.0. The molecule has 0 spiro atoms. The summed E-state index contributed by atoms with van der Waals surface area (Å²) in [5.74, 6) is 2.70. The minimum atomic E-state index is 0.541. The van der Waals surface area contributed by atoms with Crippen LogP contribution in [0.2, 0.25) is 0 Å². The van der Waals surface area contributed by atoms with E-state index in [9.17, 15) is 0 Å². The third kappa shape index (κ3) is 4.20. The fraction of sp³-hybridized carbons (Fsp3) is 0.129. The maximum absolute atomic E-state index is 5.93. The lowest BCUT2D eigenvalue weighted by molar-refractivity contribution is 0.461. The predicted molar refractivity (Wildman–Crippen MR) is 145 cm³/mol. The van der Waals surface area contributed by atoms with Crippen molar-refractivity contribution < 1.29 is 4.74 Å². The lowest BCUT2D eigenvalue weighted by Gasteiger charge is -2.11. The lowest BCUT2D eigenvalue weighted by Crippen LogP contribution is -2.00. The van der Waals surface area contributed by atoms with Crippen LogP contribution in [-0.2, 0) is 6.42 Å². The van der Waals surface area contributed by atoms with Gasteiger partial charge in [0.25, 0.3) is 0 Å². The molecule has 0 saturated carbocycles. The highest BCUT2D eigenvalue weighted by Crippen LogP contribution is 2.35. The smallest absolute Gasteiger partial charge is 0.219 e. The number of hydrogen-bond donors (Lipinski definition) is 0. The molecule has 0 aliphatic carbocycles. The molecule has 0 atom stereocenters. The molecule has 0 bridgehead atoms. The van der Waals surface area contributed by atoms with Crippen LogP contribution in [0.5, 0.6) is 11.6 Å². The van der Waals surface area contributed by atoms with Gasteiger partial charge < -0.3 is 4.74 Å². The molecule has 0 aliphatic heterocycles. The second-order valence-electron chi connectivity index (χ2n) is 9.38. The summed E-state index contributed by atoms with van der Waals surface area (Å²) in [5.41, 5.74) is 5.58. The first-order valence-corrected chi connectivity index (χ1v) is 12.2. The molecule has 0 N–H and O–H groups in total. The molecule has 6 aromatic rings. The number of ether oxygens (including phenoxy) is 1. The first-order valence-electron chi connectivity index (χ1n) is 12.2. The zero-order valence-corrected chi connectivity index (χ0v) is 20.3. The molecule has 2 aromatic carbocycles. The summed E-state index contributed by atoms with van der Waals surface area (Å²) in [6.45, 7) is 4.49. The molecule has 0 fully saturated rings. The third-order valence-electron chi connectivity index (χ3n) is 6.26. The van der Waals surface area contributed by atoms with Crippen LogP contribution in [0.4, 0.5) is 0 Å². The van der Waals surface area contributed by atoms with Crippen molar-refractivity contribution in [3.8, 4) is 28.6 Å².